The number of hydrogen-bond donors (Lipinski definition) is 1. The van der Waals surface area contributed by atoms with Gasteiger partial charge in [-0.25, -0.2) is 0 Å². The molecular weight excluding hydrogens is 292 g/mol. The van der Waals surface area contributed by atoms with Crippen molar-refractivity contribution in [3.05, 3.63) is 41.1 Å². The summed E-state index contributed by atoms with van der Waals surface area (Å²) in [6.45, 7) is 11.8. The first-order valence-electron chi connectivity index (χ1n) is 7.69. The third kappa shape index (κ3) is 4.12. The van der Waals surface area contributed by atoms with Crippen LogP contribution in [0.15, 0.2) is 28.8 Å². The number of ether oxygens (including phenoxy) is 1. The second-order valence-corrected chi connectivity index (χ2v) is 6.75. The normalized spacial score (nSPS) is 12.8. The van der Waals surface area contributed by atoms with E-state index in [1.807, 2.05) is 38.1 Å². The maximum Gasteiger partial charge on any atom is 0.267 e. The van der Waals surface area contributed by atoms with Crippen LogP contribution >= 0.6 is 0 Å². The van der Waals surface area contributed by atoms with E-state index in [0.717, 1.165) is 11.3 Å². The van der Waals surface area contributed by atoms with Crippen molar-refractivity contribution in [1.82, 2.24) is 5.16 Å². The summed E-state index contributed by atoms with van der Waals surface area (Å²) >= 11 is 0. The Morgan fingerprint density at radius 2 is 1.83 bits per heavy atom. The molecule has 0 aliphatic carbocycles. The summed E-state index contributed by atoms with van der Waals surface area (Å²) in [6, 6.07) is 7.80. The Hall–Kier alpha value is -2.30. The lowest BCUT2D eigenvalue weighted by Gasteiger charge is -2.20. The number of carbonyl (C=O) groups excluding carboxylic acids is 1. The van der Waals surface area contributed by atoms with Gasteiger partial charge in [-0.1, -0.05) is 38.1 Å². The molecule has 1 amide bonds. The smallest absolute Gasteiger partial charge is 0.267 e. The number of amides is 1. The molecule has 5 heteroatoms. The van der Waals surface area contributed by atoms with Gasteiger partial charge in [-0.15, -0.1) is 0 Å². The Morgan fingerprint density at radius 1 is 1.22 bits per heavy atom. The molecular formula is C18H24N2O3. The number of rotatable bonds is 4. The van der Waals surface area contributed by atoms with Gasteiger partial charge in [0.1, 0.15) is 5.75 Å². The van der Waals surface area contributed by atoms with Crippen LogP contribution in [-0.4, -0.2) is 17.2 Å². The minimum atomic E-state index is -0.639. The molecule has 2 aromatic rings. The van der Waals surface area contributed by atoms with Crippen LogP contribution in [0.25, 0.3) is 0 Å². The van der Waals surface area contributed by atoms with Gasteiger partial charge >= 0.3 is 0 Å². The molecule has 5 nitrogen and oxygen atoms in total. The van der Waals surface area contributed by atoms with Crippen molar-refractivity contribution in [2.24, 2.45) is 0 Å². The van der Waals surface area contributed by atoms with E-state index in [9.17, 15) is 4.79 Å². The van der Waals surface area contributed by atoms with Crippen LogP contribution in [-0.2, 0) is 10.2 Å². The first kappa shape index (κ1) is 17.1. The van der Waals surface area contributed by atoms with Crippen molar-refractivity contribution >= 4 is 11.8 Å². The minimum absolute atomic E-state index is 0.0865. The summed E-state index contributed by atoms with van der Waals surface area (Å²) < 4.78 is 10.8. The summed E-state index contributed by atoms with van der Waals surface area (Å²) in [5, 5.41) is 6.51. The summed E-state index contributed by atoms with van der Waals surface area (Å²) in [5.41, 5.74) is 2.88. The largest absolute Gasteiger partial charge is 0.481 e. The molecule has 0 aliphatic rings. The molecule has 0 saturated heterocycles. The number of aryl methyl sites for hydroxylation is 1. The monoisotopic (exact) mass is 316 g/mol. The zero-order valence-electron chi connectivity index (χ0n) is 14.6. The highest BCUT2D eigenvalue weighted by atomic mass is 16.5. The highest BCUT2D eigenvalue weighted by Crippen LogP contribution is 2.25. The molecule has 0 aliphatic heterocycles. The lowest BCUT2D eigenvalue weighted by Crippen LogP contribution is -2.30. The van der Waals surface area contributed by atoms with E-state index in [-0.39, 0.29) is 11.3 Å². The van der Waals surface area contributed by atoms with Crippen LogP contribution in [0.1, 0.15) is 44.5 Å². The van der Waals surface area contributed by atoms with Gasteiger partial charge in [0.25, 0.3) is 5.91 Å². The lowest BCUT2D eigenvalue weighted by molar-refractivity contribution is -0.122. The highest BCUT2D eigenvalue weighted by Gasteiger charge is 2.19. The Kier molecular flexibility index (Phi) is 4.78. The summed E-state index contributed by atoms with van der Waals surface area (Å²) in [6.07, 6.45) is -0.639. The standard InChI is InChI=1S/C18H24N2O3/c1-11-12(2)20-23-17(11)19-16(21)13(3)22-15-9-7-14(8-10-15)18(4,5)6/h7-10,13H,1-6H3,(H,19,21). The van der Waals surface area contributed by atoms with Crippen molar-refractivity contribution in [2.45, 2.75) is 53.1 Å². The zero-order valence-corrected chi connectivity index (χ0v) is 14.6. The molecule has 1 aromatic heterocycles. The van der Waals surface area contributed by atoms with Gasteiger partial charge in [-0.3, -0.25) is 10.1 Å². The maximum absolute atomic E-state index is 12.2. The van der Waals surface area contributed by atoms with E-state index in [4.69, 9.17) is 9.26 Å². The molecule has 23 heavy (non-hydrogen) atoms. The van der Waals surface area contributed by atoms with Gasteiger partial charge in [-0.2, -0.15) is 0 Å². The van der Waals surface area contributed by atoms with E-state index in [1.54, 1.807) is 6.92 Å². The number of carbonyl (C=O) groups is 1. The van der Waals surface area contributed by atoms with E-state index >= 15 is 0 Å². The third-order valence-electron chi connectivity index (χ3n) is 3.80. The van der Waals surface area contributed by atoms with Gasteiger partial charge in [-0.05, 0) is 43.9 Å². The average Bonchev–Trinajstić information content (AvgIpc) is 2.79. The second-order valence-electron chi connectivity index (χ2n) is 6.75. The van der Waals surface area contributed by atoms with Gasteiger partial charge in [0.15, 0.2) is 6.10 Å². The van der Waals surface area contributed by atoms with Crippen LogP contribution in [0.5, 0.6) is 5.75 Å². The van der Waals surface area contributed by atoms with Crippen LogP contribution < -0.4 is 10.1 Å². The predicted octanol–water partition coefficient (Wildman–Crippen LogP) is 3.99. The van der Waals surface area contributed by atoms with Gasteiger partial charge in [0, 0.05) is 5.56 Å². The van der Waals surface area contributed by atoms with Crippen molar-refractivity contribution < 1.29 is 14.1 Å². The molecule has 124 valence electrons. The Bertz CT molecular complexity index is 681. The van der Waals surface area contributed by atoms with E-state index in [1.165, 1.54) is 5.56 Å². The molecule has 0 bridgehead atoms. The van der Waals surface area contributed by atoms with Gasteiger partial charge in [0.2, 0.25) is 5.88 Å². The molecule has 1 unspecified atom stereocenters. The van der Waals surface area contributed by atoms with E-state index in [0.29, 0.717) is 11.6 Å². The molecule has 0 radical (unpaired) electrons. The fourth-order valence-electron chi connectivity index (χ4n) is 2.04. The summed E-state index contributed by atoms with van der Waals surface area (Å²) in [4.78, 5) is 12.2. The van der Waals surface area contributed by atoms with Crippen molar-refractivity contribution in [3.8, 4) is 5.75 Å². The topological polar surface area (TPSA) is 64.4 Å². The molecule has 1 atom stereocenters. The Morgan fingerprint density at radius 3 is 2.30 bits per heavy atom. The predicted molar refractivity (Wildman–Crippen MR) is 89.8 cm³/mol. The first-order valence-corrected chi connectivity index (χ1v) is 7.69. The number of aromatic nitrogens is 1. The lowest BCUT2D eigenvalue weighted by atomic mass is 9.87. The average molecular weight is 316 g/mol. The number of nitrogens with one attached hydrogen (secondary N) is 1. The number of hydrogen-bond acceptors (Lipinski definition) is 4. The molecule has 1 heterocycles. The van der Waals surface area contributed by atoms with Crippen LogP contribution in [0.4, 0.5) is 5.88 Å². The van der Waals surface area contributed by atoms with Crippen LogP contribution in [0, 0.1) is 13.8 Å². The molecule has 0 fully saturated rings. The Balaban J connectivity index is 1.99. The zero-order chi connectivity index (χ0) is 17.2. The fourth-order valence-corrected chi connectivity index (χ4v) is 2.04. The van der Waals surface area contributed by atoms with Crippen molar-refractivity contribution in [3.63, 3.8) is 0 Å². The van der Waals surface area contributed by atoms with E-state index < -0.39 is 6.10 Å². The minimum Gasteiger partial charge on any atom is -0.481 e. The van der Waals surface area contributed by atoms with Crippen LogP contribution in [0.2, 0.25) is 0 Å². The third-order valence-corrected chi connectivity index (χ3v) is 3.80. The van der Waals surface area contributed by atoms with Crippen molar-refractivity contribution in [1.29, 1.82) is 0 Å². The first-order chi connectivity index (χ1) is 10.7. The quantitative estimate of drug-likeness (QED) is 0.926. The molecule has 1 N–H and O–H groups in total. The molecule has 2 rings (SSSR count). The summed E-state index contributed by atoms with van der Waals surface area (Å²) in [7, 11) is 0. The van der Waals surface area contributed by atoms with E-state index in [2.05, 4.69) is 31.2 Å². The van der Waals surface area contributed by atoms with Crippen LogP contribution in [0.3, 0.4) is 0 Å². The van der Waals surface area contributed by atoms with Gasteiger partial charge in [0.05, 0.1) is 5.69 Å². The number of nitrogens with zero attached hydrogens (tertiary/aromatic N) is 1. The Labute approximate surface area is 137 Å². The van der Waals surface area contributed by atoms with Gasteiger partial charge < -0.3 is 9.26 Å². The number of benzene rings is 1. The SMILES string of the molecule is Cc1noc(NC(=O)C(C)Oc2ccc(C(C)(C)C)cc2)c1C. The highest BCUT2D eigenvalue weighted by molar-refractivity contribution is 5.93. The number of anilines is 1. The fraction of sp³-hybridized carbons (Fsp3) is 0.444. The molecule has 1 aromatic carbocycles. The summed E-state index contributed by atoms with van der Waals surface area (Å²) in [5.74, 6) is 0.751. The molecule has 0 saturated carbocycles. The van der Waals surface area contributed by atoms with Crippen molar-refractivity contribution in [2.75, 3.05) is 5.32 Å². The second kappa shape index (κ2) is 6.44. The molecule has 0 spiro atoms. The maximum atomic E-state index is 12.2.